The third kappa shape index (κ3) is 4.47. The van der Waals surface area contributed by atoms with Crippen LogP contribution in [0.15, 0.2) is 75.3 Å². The molecule has 1 heterocycles. The van der Waals surface area contributed by atoms with Crippen molar-refractivity contribution in [2.45, 2.75) is 11.7 Å². The van der Waals surface area contributed by atoms with Crippen molar-refractivity contribution < 1.29 is 14.7 Å². The van der Waals surface area contributed by atoms with Crippen LogP contribution in [-0.4, -0.2) is 33.6 Å². The van der Waals surface area contributed by atoms with Crippen LogP contribution in [0.5, 0.6) is 5.75 Å². The first-order valence-corrected chi connectivity index (χ1v) is 11.0. The third-order valence-corrected chi connectivity index (χ3v) is 6.25. The summed E-state index contributed by atoms with van der Waals surface area (Å²) in [5.41, 5.74) is 6.97. The molecule has 1 fully saturated rings. The monoisotopic (exact) mass is 496 g/mol. The first kappa shape index (κ1) is 21.1. The van der Waals surface area contributed by atoms with Crippen molar-refractivity contribution in [3.8, 4) is 5.75 Å². The largest absolute Gasteiger partial charge is 0.507 e. The van der Waals surface area contributed by atoms with Crippen molar-refractivity contribution >= 4 is 67.3 Å². The number of amidine groups is 1. The first-order valence-electron chi connectivity index (χ1n) is 9.30. The fourth-order valence-electron chi connectivity index (χ4n) is 3.29. The van der Waals surface area contributed by atoms with Crippen LogP contribution < -0.4 is 10.6 Å². The van der Waals surface area contributed by atoms with Gasteiger partial charge in [-0.15, -0.1) is 5.10 Å². The highest BCUT2D eigenvalue weighted by atomic mass is 79.9. The number of phenols is 1. The van der Waals surface area contributed by atoms with Crippen molar-refractivity contribution in [3.05, 3.63) is 70.7 Å². The zero-order chi connectivity index (χ0) is 22.0. The lowest BCUT2D eigenvalue weighted by Crippen LogP contribution is -2.31. The second-order valence-corrected chi connectivity index (χ2v) is 8.90. The normalized spacial score (nSPS) is 17.3. The quantitative estimate of drug-likeness (QED) is 0.245. The average Bonchev–Trinajstić information content (AvgIpc) is 3.03. The molecule has 0 radical (unpaired) electrons. The van der Waals surface area contributed by atoms with Crippen LogP contribution in [0.3, 0.4) is 0 Å². The summed E-state index contributed by atoms with van der Waals surface area (Å²) in [6.45, 7) is 0. The number of fused-ring (bicyclic) bond motifs is 1. The third-order valence-electron chi connectivity index (χ3n) is 4.74. The van der Waals surface area contributed by atoms with Crippen molar-refractivity contribution in [1.29, 1.82) is 0 Å². The topological polar surface area (TPSA) is 108 Å². The molecule has 9 heteroatoms. The summed E-state index contributed by atoms with van der Waals surface area (Å²) in [7, 11) is 0. The average molecular weight is 497 g/mol. The van der Waals surface area contributed by atoms with Gasteiger partial charge in [-0.3, -0.25) is 9.59 Å². The Bertz CT molecular complexity index is 1230. The summed E-state index contributed by atoms with van der Waals surface area (Å²) in [4.78, 5) is 26.2. The number of hydrogen-bond acceptors (Lipinski definition) is 6. The summed E-state index contributed by atoms with van der Waals surface area (Å²) in [5, 5.41) is 19.2. The fourth-order valence-corrected chi connectivity index (χ4v) is 4.37. The molecule has 0 saturated carbocycles. The molecule has 3 N–H and O–H groups in total. The van der Waals surface area contributed by atoms with Crippen LogP contribution in [0.2, 0.25) is 0 Å². The molecule has 7 nitrogen and oxygen atoms in total. The van der Waals surface area contributed by atoms with E-state index in [0.29, 0.717) is 11.3 Å². The Morgan fingerprint density at radius 2 is 1.87 bits per heavy atom. The Hall–Kier alpha value is -3.17. The van der Waals surface area contributed by atoms with Gasteiger partial charge in [-0.25, -0.2) is 4.90 Å². The maximum absolute atomic E-state index is 12.7. The highest BCUT2D eigenvalue weighted by Crippen LogP contribution is 2.30. The second kappa shape index (κ2) is 8.91. The number of amides is 2. The first-order chi connectivity index (χ1) is 14.9. The van der Waals surface area contributed by atoms with Gasteiger partial charge >= 0.3 is 0 Å². The van der Waals surface area contributed by atoms with Crippen molar-refractivity contribution in [2.24, 2.45) is 15.9 Å². The van der Waals surface area contributed by atoms with Gasteiger partial charge in [-0.05, 0) is 41.1 Å². The molecule has 4 rings (SSSR count). The van der Waals surface area contributed by atoms with Gasteiger partial charge in [0.15, 0.2) is 5.17 Å². The van der Waals surface area contributed by atoms with Crippen LogP contribution in [0.25, 0.3) is 10.8 Å². The van der Waals surface area contributed by atoms with Gasteiger partial charge in [-0.2, -0.15) is 5.10 Å². The lowest BCUT2D eigenvalue weighted by molar-refractivity contribution is -0.121. The number of carbonyl (C=O) groups excluding carboxylic acids is 2. The van der Waals surface area contributed by atoms with Crippen LogP contribution in [0.1, 0.15) is 12.0 Å². The number of halogens is 1. The Morgan fingerprint density at radius 3 is 2.65 bits per heavy atom. The predicted molar refractivity (Wildman–Crippen MR) is 127 cm³/mol. The van der Waals surface area contributed by atoms with Gasteiger partial charge < -0.3 is 10.8 Å². The van der Waals surface area contributed by atoms with Crippen LogP contribution >= 0.6 is 27.7 Å². The number of phenolic OH excluding ortho intramolecular Hbond substituents is 1. The van der Waals surface area contributed by atoms with Crippen molar-refractivity contribution in [3.63, 3.8) is 0 Å². The lowest BCUT2D eigenvalue weighted by atomic mass is 10.0. The van der Waals surface area contributed by atoms with Crippen LogP contribution in [0.4, 0.5) is 5.69 Å². The van der Waals surface area contributed by atoms with E-state index < -0.39 is 5.25 Å². The zero-order valence-corrected chi connectivity index (χ0v) is 18.5. The Labute approximate surface area is 190 Å². The SMILES string of the molecule is NC(=N/N=C\c1c(O)ccc2ccccc12)S[C@H]1CC(=O)N(c2ccc(Br)cc2)C1=O. The van der Waals surface area contributed by atoms with Gasteiger partial charge in [-0.1, -0.05) is 58.0 Å². The predicted octanol–water partition coefficient (Wildman–Crippen LogP) is 4.02. The van der Waals surface area contributed by atoms with E-state index in [-0.39, 0.29) is 29.2 Å². The number of rotatable bonds is 4. The molecule has 1 aliphatic heterocycles. The minimum Gasteiger partial charge on any atom is -0.507 e. The lowest BCUT2D eigenvalue weighted by Gasteiger charge is -2.14. The Balaban J connectivity index is 1.48. The smallest absolute Gasteiger partial charge is 0.247 e. The molecule has 2 amide bonds. The standard InChI is InChI=1S/C22H17BrN4O3S/c23-14-6-8-15(9-7-14)27-20(29)11-19(21(27)30)31-22(24)26-25-12-17-16-4-2-1-3-13(16)5-10-18(17)28/h1-10,12,19,28H,11H2,(H2,24,26)/b25-12-/t19-/m0/s1. The molecule has 0 unspecified atom stereocenters. The number of thioether (sulfide) groups is 1. The van der Waals surface area contributed by atoms with Gasteiger partial charge in [0.05, 0.1) is 11.9 Å². The van der Waals surface area contributed by atoms with E-state index in [1.54, 1.807) is 30.3 Å². The van der Waals surface area contributed by atoms with Crippen molar-refractivity contribution in [1.82, 2.24) is 0 Å². The molecule has 3 aromatic rings. The van der Waals surface area contributed by atoms with Crippen LogP contribution in [-0.2, 0) is 9.59 Å². The number of benzene rings is 3. The Kier molecular flexibility index (Phi) is 6.06. The molecule has 31 heavy (non-hydrogen) atoms. The minimum atomic E-state index is -0.666. The molecule has 0 aliphatic carbocycles. The molecule has 1 aliphatic rings. The van der Waals surface area contributed by atoms with Gasteiger partial charge in [0.2, 0.25) is 11.8 Å². The van der Waals surface area contributed by atoms with Gasteiger partial charge in [0.1, 0.15) is 11.0 Å². The molecule has 156 valence electrons. The van der Waals surface area contributed by atoms with E-state index in [1.807, 2.05) is 30.3 Å². The summed E-state index contributed by atoms with van der Waals surface area (Å²) >= 11 is 4.33. The molecule has 3 aromatic carbocycles. The summed E-state index contributed by atoms with van der Waals surface area (Å²) < 4.78 is 0.854. The van der Waals surface area contributed by atoms with Crippen molar-refractivity contribution in [2.75, 3.05) is 4.90 Å². The summed E-state index contributed by atoms with van der Waals surface area (Å²) in [6, 6.07) is 17.9. The molecule has 1 saturated heterocycles. The van der Waals surface area contributed by atoms with E-state index in [1.165, 1.54) is 6.21 Å². The number of hydrogen-bond donors (Lipinski definition) is 2. The maximum Gasteiger partial charge on any atom is 0.247 e. The molecule has 0 spiro atoms. The second-order valence-electron chi connectivity index (χ2n) is 6.76. The number of carbonyl (C=O) groups is 2. The number of imide groups is 1. The van der Waals surface area contributed by atoms with E-state index in [9.17, 15) is 14.7 Å². The van der Waals surface area contributed by atoms with Crippen LogP contribution in [0, 0.1) is 0 Å². The molecule has 0 aromatic heterocycles. The van der Waals surface area contributed by atoms with Gasteiger partial charge in [0, 0.05) is 16.5 Å². The highest BCUT2D eigenvalue weighted by molar-refractivity contribution is 9.10. The van der Waals surface area contributed by atoms with E-state index in [4.69, 9.17) is 5.73 Å². The number of aromatic hydroxyl groups is 1. The number of nitrogens with zero attached hydrogens (tertiary/aromatic N) is 3. The van der Waals surface area contributed by atoms with E-state index in [2.05, 4.69) is 26.1 Å². The minimum absolute atomic E-state index is 0.0314. The Morgan fingerprint density at radius 1 is 1.13 bits per heavy atom. The highest BCUT2D eigenvalue weighted by Gasteiger charge is 2.40. The van der Waals surface area contributed by atoms with E-state index in [0.717, 1.165) is 31.9 Å². The molecule has 1 atom stereocenters. The zero-order valence-electron chi connectivity index (χ0n) is 16.1. The summed E-state index contributed by atoms with van der Waals surface area (Å²) in [6.07, 6.45) is 1.45. The van der Waals surface area contributed by atoms with Gasteiger partial charge in [0.25, 0.3) is 0 Å². The molecular weight excluding hydrogens is 480 g/mol. The fraction of sp³-hybridized carbons (Fsp3) is 0.0909. The maximum atomic E-state index is 12.7. The molecule has 0 bridgehead atoms. The molecular formula is C22H17BrN4O3S. The van der Waals surface area contributed by atoms with E-state index >= 15 is 0 Å². The summed E-state index contributed by atoms with van der Waals surface area (Å²) in [5.74, 6) is -0.557. The number of anilines is 1. The number of nitrogens with two attached hydrogens (primary N) is 1.